The number of hydrogen-bond acceptors (Lipinski definition) is 3. The third-order valence-electron chi connectivity index (χ3n) is 4.83. The van der Waals surface area contributed by atoms with Crippen LogP contribution in [-0.4, -0.2) is 48.3 Å². The average Bonchev–Trinajstić information content (AvgIpc) is 2.55. The van der Waals surface area contributed by atoms with Crippen molar-refractivity contribution in [2.45, 2.75) is 71.1 Å². The van der Waals surface area contributed by atoms with Crippen molar-refractivity contribution < 1.29 is 4.74 Å². The van der Waals surface area contributed by atoms with Gasteiger partial charge in [-0.2, -0.15) is 0 Å². The molecule has 0 aromatic rings. The maximum atomic E-state index is 6.27. The Balaban J connectivity index is 2.00. The number of nitrogens with one attached hydrogen (secondary N) is 1. The third kappa shape index (κ3) is 3.71. The summed E-state index contributed by atoms with van der Waals surface area (Å²) in [5.41, 5.74) is 0.00212. The van der Waals surface area contributed by atoms with Gasteiger partial charge in [0, 0.05) is 12.6 Å². The van der Waals surface area contributed by atoms with Crippen LogP contribution in [0.3, 0.4) is 0 Å². The van der Waals surface area contributed by atoms with Gasteiger partial charge in [-0.1, -0.05) is 6.92 Å². The second kappa shape index (κ2) is 5.71. The molecule has 1 N–H and O–H groups in total. The summed E-state index contributed by atoms with van der Waals surface area (Å²) in [6.07, 6.45) is 3.81. The minimum Gasteiger partial charge on any atom is -0.368 e. The molecule has 0 spiro atoms. The average molecular weight is 268 g/mol. The van der Waals surface area contributed by atoms with Crippen molar-refractivity contribution >= 4 is 0 Å². The maximum Gasteiger partial charge on any atom is 0.0789 e. The quantitative estimate of drug-likeness (QED) is 0.848. The molecule has 2 aliphatic rings. The van der Waals surface area contributed by atoms with E-state index in [0.717, 1.165) is 18.9 Å². The highest BCUT2D eigenvalue weighted by Crippen LogP contribution is 2.40. The summed E-state index contributed by atoms with van der Waals surface area (Å²) >= 11 is 0. The van der Waals surface area contributed by atoms with Gasteiger partial charge in [0.25, 0.3) is 0 Å². The molecular weight excluding hydrogens is 236 g/mol. The summed E-state index contributed by atoms with van der Waals surface area (Å²) in [6, 6.07) is 0.558. The van der Waals surface area contributed by atoms with E-state index in [1.807, 2.05) is 0 Å². The first-order valence-corrected chi connectivity index (χ1v) is 7.99. The minimum atomic E-state index is -0.0214. The fourth-order valence-electron chi connectivity index (χ4n) is 3.97. The molecule has 0 aromatic heterocycles. The molecule has 2 aliphatic heterocycles. The van der Waals surface area contributed by atoms with Crippen molar-refractivity contribution in [3.63, 3.8) is 0 Å². The lowest BCUT2D eigenvalue weighted by atomic mass is 9.90. The Morgan fingerprint density at radius 3 is 2.26 bits per heavy atom. The largest absolute Gasteiger partial charge is 0.368 e. The van der Waals surface area contributed by atoms with Crippen molar-refractivity contribution in [1.29, 1.82) is 0 Å². The van der Waals surface area contributed by atoms with Gasteiger partial charge in [-0.25, -0.2) is 0 Å². The van der Waals surface area contributed by atoms with E-state index in [1.54, 1.807) is 0 Å². The molecular formula is C16H32N2O. The van der Waals surface area contributed by atoms with Gasteiger partial charge in [-0.05, 0) is 72.5 Å². The van der Waals surface area contributed by atoms with Gasteiger partial charge in [0.1, 0.15) is 0 Å². The van der Waals surface area contributed by atoms with E-state index < -0.39 is 0 Å². The number of hydrogen-bond donors (Lipinski definition) is 1. The summed E-state index contributed by atoms with van der Waals surface area (Å²) < 4.78 is 6.27. The summed E-state index contributed by atoms with van der Waals surface area (Å²) in [6.45, 7) is 16.0. The van der Waals surface area contributed by atoms with E-state index in [9.17, 15) is 0 Å². The van der Waals surface area contributed by atoms with Crippen LogP contribution in [0.25, 0.3) is 0 Å². The first-order valence-electron chi connectivity index (χ1n) is 7.99. The van der Waals surface area contributed by atoms with Crippen molar-refractivity contribution in [2.24, 2.45) is 5.92 Å². The zero-order valence-corrected chi connectivity index (χ0v) is 13.5. The molecule has 2 heterocycles. The molecule has 19 heavy (non-hydrogen) atoms. The summed E-state index contributed by atoms with van der Waals surface area (Å²) in [7, 11) is 0. The number of nitrogens with zero attached hydrogens (tertiary/aromatic N) is 1. The molecule has 2 saturated heterocycles. The molecule has 3 heteroatoms. The van der Waals surface area contributed by atoms with Crippen LogP contribution in [0.4, 0.5) is 0 Å². The van der Waals surface area contributed by atoms with Gasteiger partial charge < -0.3 is 10.1 Å². The fraction of sp³-hybridized carbons (Fsp3) is 1.00. The second-order valence-electron chi connectivity index (χ2n) is 7.47. The Morgan fingerprint density at radius 1 is 1.16 bits per heavy atom. The van der Waals surface area contributed by atoms with Crippen LogP contribution in [0.2, 0.25) is 0 Å². The van der Waals surface area contributed by atoms with E-state index in [4.69, 9.17) is 4.74 Å². The molecule has 2 rings (SSSR count). The Hall–Kier alpha value is -0.120. The maximum absolute atomic E-state index is 6.27. The smallest absolute Gasteiger partial charge is 0.0789 e. The van der Waals surface area contributed by atoms with Gasteiger partial charge >= 0.3 is 0 Å². The molecule has 3 nitrogen and oxygen atoms in total. The molecule has 2 fully saturated rings. The monoisotopic (exact) mass is 268 g/mol. The minimum absolute atomic E-state index is 0.0214. The van der Waals surface area contributed by atoms with Crippen molar-refractivity contribution in [2.75, 3.05) is 26.2 Å². The fourth-order valence-corrected chi connectivity index (χ4v) is 3.97. The number of rotatable bonds is 4. The van der Waals surface area contributed by atoms with Gasteiger partial charge in [0.15, 0.2) is 0 Å². The number of piperidine rings is 1. The van der Waals surface area contributed by atoms with E-state index in [2.05, 4.69) is 44.8 Å². The highest BCUT2D eigenvalue weighted by Gasteiger charge is 2.48. The molecule has 0 aliphatic carbocycles. The van der Waals surface area contributed by atoms with Crippen LogP contribution < -0.4 is 5.32 Å². The SMILES string of the molecule is CCN(CC1CCNCC1)C1CC(C)(C)OC1(C)C. The zero-order valence-electron chi connectivity index (χ0n) is 13.5. The van der Waals surface area contributed by atoms with Crippen molar-refractivity contribution in [3.05, 3.63) is 0 Å². The normalized spacial score (nSPS) is 30.9. The third-order valence-corrected chi connectivity index (χ3v) is 4.83. The van der Waals surface area contributed by atoms with E-state index >= 15 is 0 Å². The lowest BCUT2D eigenvalue weighted by Gasteiger charge is -2.38. The Kier molecular flexibility index (Phi) is 4.59. The molecule has 1 unspecified atom stereocenters. The van der Waals surface area contributed by atoms with Crippen LogP contribution in [0.5, 0.6) is 0 Å². The molecule has 0 radical (unpaired) electrons. The molecule has 0 saturated carbocycles. The van der Waals surface area contributed by atoms with Gasteiger partial charge in [-0.15, -0.1) is 0 Å². The van der Waals surface area contributed by atoms with Gasteiger partial charge in [-0.3, -0.25) is 4.90 Å². The Morgan fingerprint density at radius 2 is 1.79 bits per heavy atom. The molecule has 1 atom stereocenters. The topological polar surface area (TPSA) is 24.5 Å². The predicted octanol–water partition coefficient (Wildman–Crippen LogP) is 2.65. The highest BCUT2D eigenvalue weighted by molar-refractivity contribution is 5.00. The van der Waals surface area contributed by atoms with Gasteiger partial charge in [0.2, 0.25) is 0 Å². The van der Waals surface area contributed by atoms with Crippen LogP contribution >= 0.6 is 0 Å². The molecule has 0 aromatic carbocycles. The van der Waals surface area contributed by atoms with E-state index in [0.29, 0.717) is 6.04 Å². The highest BCUT2D eigenvalue weighted by atomic mass is 16.5. The first-order chi connectivity index (χ1) is 8.84. The van der Waals surface area contributed by atoms with Crippen LogP contribution in [-0.2, 0) is 4.74 Å². The van der Waals surface area contributed by atoms with Gasteiger partial charge in [0.05, 0.1) is 11.2 Å². The first kappa shape index (κ1) is 15.3. The second-order valence-corrected chi connectivity index (χ2v) is 7.47. The van der Waals surface area contributed by atoms with Crippen LogP contribution in [0.15, 0.2) is 0 Å². The van der Waals surface area contributed by atoms with Crippen molar-refractivity contribution in [3.8, 4) is 0 Å². The summed E-state index contributed by atoms with van der Waals surface area (Å²) in [5, 5.41) is 3.46. The van der Waals surface area contributed by atoms with E-state index in [1.165, 1.54) is 32.5 Å². The Bertz CT molecular complexity index is 295. The molecule has 0 bridgehead atoms. The standard InChI is InChI=1S/C16H32N2O/c1-6-18(12-13-7-9-17-10-8-13)14-11-15(2,3)19-16(14,4)5/h13-14,17H,6-12H2,1-5H3. The zero-order chi connectivity index (χ0) is 14.1. The number of ether oxygens (including phenoxy) is 1. The lowest BCUT2D eigenvalue weighted by molar-refractivity contribution is -0.0813. The summed E-state index contributed by atoms with van der Waals surface area (Å²) in [4.78, 5) is 2.67. The van der Waals surface area contributed by atoms with Crippen molar-refractivity contribution in [1.82, 2.24) is 10.2 Å². The molecule has 0 amide bonds. The summed E-state index contributed by atoms with van der Waals surface area (Å²) in [5.74, 6) is 0.862. The molecule has 112 valence electrons. The van der Waals surface area contributed by atoms with Crippen LogP contribution in [0, 0.1) is 5.92 Å². The number of likely N-dealkylation sites (N-methyl/N-ethyl adjacent to an activating group) is 1. The predicted molar refractivity (Wildman–Crippen MR) is 80.5 cm³/mol. The lowest BCUT2D eigenvalue weighted by Crippen LogP contribution is -2.49. The van der Waals surface area contributed by atoms with Crippen LogP contribution in [0.1, 0.15) is 53.9 Å². The Labute approximate surface area is 119 Å². The van der Waals surface area contributed by atoms with E-state index in [-0.39, 0.29) is 11.2 Å².